The summed E-state index contributed by atoms with van der Waals surface area (Å²) < 4.78 is 26.4. The highest BCUT2D eigenvalue weighted by atomic mass is 35.7. The Morgan fingerprint density at radius 2 is 2.15 bits per heavy atom. The van der Waals surface area contributed by atoms with Gasteiger partial charge in [0.1, 0.15) is 5.75 Å². The lowest BCUT2D eigenvalue weighted by Crippen LogP contribution is -1.96. The normalized spacial score (nSPS) is 11.3. The number of aromatic nitrogens is 1. The molecule has 0 amide bonds. The molecule has 0 radical (unpaired) electrons. The summed E-state index contributed by atoms with van der Waals surface area (Å²) in [5.74, 6) is 0.370. The maximum Gasteiger partial charge on any atom is 0.280 e. The van der Waals surface area contributed by atoms with E-state index >= 15 is 0 Å². The van der Waals surface area contributed by atoms with Gasteiger partial charge in [-0.3, -0.25) is 0 Å². The van der Waals surface area contributed by atoms with Gasteiger partial charge in [0.15, 0.2) is 5.03 Å². The average Bonchev–Trinajstić information content (AvgIpc) is 2.01. The molecule has 0 unspecified atom stereocenters. The highest BCUT2D eigenvalue weighted by molar-refractivity contribution is 8.13. The van der Waals surface area contributed by atoms with Crippen molar-refractivity contribution in [1.82, 2.24) is 4.98 Å². The first kappa shape index (κ1) is 10.6. The molecule has 0 bridgehead atoms. The van der Waals surface area contributed by atoms with Gasteiger partial charge in [0, 0.05) is 16.7 Å². The van der Waals surface area contributed by atoms with Crippen molar-refractivity contribution in [2.45, 2.75) is 5.03 Å². The molecule has 0 spiro atoms. The number of halogens is 2. The zero-order chi connectivity index (χ0) is 10.1. The SMILES string of the molecule is COc1cnc(S(=O)(=O)Cl)c(Cl)c1. The average molecular weight is 242 g/mol. The number of nitrogens with zero attached hydrogens (tertiary/aromatic N) is 1. The van der Waals surface area contributed by atoms with E-state index in [1.54, 1.807) is 0 Å². The van der Waals surface area contributed by atoms with E-state index in [1.165, 1.54) is 19.4 Å². The van der Waals surface area contributed by atoms with Crippen molar-refractivity contribution >= 4 is 31.3 Å². The van der Waals surface area contributed by atoms with Gasteiger partial charge < -0.3 is 4.74 Å². The summed E-state index contributed by atoms with van der Waals surface area (Å²) in [7, 11) is 2.58. The Morgan fingerprint density at radius 1 is 1.54 bits per heavy atom. The molecule has 72 valence electrons. The van der Waals surface area contributed by atoms with E-state index in [2.05, 4.69) is 4.98 Å². The van der Waals surface area contributed by atoms with Crippen LogP contribution in [0, 0.1) is 0 Å². The Bertz CT molecular complexity index is 418. The summed E-state index contributed by atoms with van der Waals surface area (Å²) in [4.78, 5) is 3.54. The van der Waals surface area contributed by atoms with Crippen molar-refractivity contribution < 1.29 is 13.2 Å². The zero-order valence-corrected chi connectivity index (χ0v) is 8.82. The van der Waals surface area contributed by atoms with Crippen LogP contribution >= 0.6 is 22.3 Å². The minimum atomic E-state index is -3.88. The van der Waals surface area contributed by atoms with Gasteiger partial charge in [0.05, 0.1) is 18.3 Å². The van der Waals surface area contributed by atoms with Gasteiger partial charge in [0.25, 0.3) is 9.05 Å². The maximum atomic E-state index is 10.8. The fourth-order valence-corrected chi connectivity index (χ4v) is 2.12. The van der Waals surface area contributed by atoms with Gasteiger partial charge in [-0.1, -0.05) is 11.6 Å². The van der Waals surface area contributed by atoms with Crippen LogP contribution in [0.1, 0.15) is 0 Å². The van der Waals surface area contributed by atoms with Gasteiger partial charge in [-0.15, -0.1) is 0 Å². The predicted molar refractivity (Wildman–Crippen MR) is 48.8 cm³/mol. The van der Waals surface area contributed by atoms with Crippen LogP contribution in [0.25, 0.3) is 0 Å². The van der Waals surface area contributed by atoms with Gasteiger partial charge in [-0.05, 0) is 0 Å². The number of rotatable bonds is 2. The molecule has 0 saturated heterocycles. The summed E-state index contributed by atoms with van der Waals surface area (Å²) in [6.45, 7) is 0. The molecule has 0 aromatic carbocycles. The van der Waals surface area contributed by atoms with E-state index in [0.29, 0.717) is 5.75 Å². The summed E-state index contributed by atoms with van der Waals surface area (Å²) in [6, 6.07) is 1.32. The van der Waals surface area contributed by atoms with E-state index in [9.17, 15) is 8.42 Å². The van der Waals surface area contributed by atoms with E-state index in [1.807, 2.05) is 0 Å². The first-order chi connectivity index (χ1) is 5.95. The topological polar surface area (TPSA) is 56.3 Å². The van der Waals surface area contributed by atoms with Gasteiger partial charge in [0.2, 0.25) is 0 Å². The standard InChI is InChI=1S/C6H5Cl2NO3S/c1-12-4-2-5(7)6(9-3-4)13(8,10)11/h2-3H,1H3. The van der Waals surface area contributed by atoms with E-state index in [4.69, 9.17) is 27.0 Å². The molecule has 0 atom stereocenters. The third kappa shape index (κ3) is 2.46. The monoisotopic (exact) mass is 241 g/mol. The fraction of sp³-hybridized carbons (Fsp3) is 0.167. The Labute approximate surface area is 84.9 Å². The molecule has 0 saturated carbocycles. The molecule has 4 nitrogen and oxygen atoms in total. The van der Waals surface area contributed by atoms with Crippen LogP contribution in [0.4, 0.5) is 0 Å². The number of ether oxygens (including phenoxy) is 1. The number of hydrogen-bond donors (Lipinski definition) is 0. The van der Waals surface area contributed by atoms with Crippen LogP contribution < -0.4 is 4.74 Å². The van der Waals surface area contributed by atoms with Crippen LogP contribution in [-0.2, 0) is 9.05 Å². The lowest BCUT2D eigenvalue weighted by atomic mass is 10.5. The van der Waals surface area contributed by atoms with Crippen molar-refractivity contribution in [2.24, 2.45) is 0 Å². The third-order valence-corrected chi connectivity index (χ3v) is 2.87. The minimum Gasteiger partial charge on any atom is -0.495 e. The summed E-state index contributed by atoms with van der Waals surface area (Å²) in [6.07, 6.45) is 1.22. The molecule has 0 aliphatic rings. The number of pyridine rings is 1. The molecular weight excluding hydrogens is 237 g/mol. The van der Waals surface area contributed by atoms with Crippen LogP contribution in [0.5, 0.6) is 5.75 Å². The Kier molecular flexibility index (Phi) is 3.00. The molecule has 13 heavy (non-hydrogen) atoms. The van der Waals surface area contributed by atoms with Crippen molar-refractivity contribution in [3.05, 3.63) is 17.3 Å². The molecule has 1 aromatic heterocycles. The molecule has 1 aromatic rings. The van der Waals surface area contributed by atoms with Crippen molar-refractivity contribution in [2.75, 3.05) is 7.11 Å². The quantitative estimate of drug-likeness (QED) is 0.740. The van der Waals surface area contributed by atoms with E-state index in [-0.39, 0.29) is 10.0 Å². The van der Waals surface area contributed by atoms with Crippen molar-refractivity contribution in [3.63, 3.8) is 0 Å². The molecular formula is C6H5Cl2NO3S. The summed E-state index contributed by atoms with van der Waals surface area (Å²) in [5.41, 5.74) is 0. The maximum absolute atomic E-state index is 10.8. The smallest absolute Gasteiger partial charge is 0.280 e. The Balaban J connectivity index is 3.29. The highest BCUT2D eigenvalue weighted by Crippen LogP contribution is 2.25. The molecule has 0 N–H and O–H groups in total. The first-order valence-corrected chi connectivity index (χ1v) is 5.78. The van der Waals surface area contributed by atoms with Gasteiger partial charge >= 0.3 is 0 Å². The second-order valence-electron chi connectivity index (χ2n) is 2.10. The molecule has 0 aliphatic carbocycles. The van der Waals surface area contributed by atoms with Crippen LogP contribution in [0.2, 0.25) is 5.02 Å². The lowest BCUT2D eigenvalue weighted by Gasteiger charge is -2.01. The largest absolute Gasteiger partial charge is 0.495 e. The Hall–Kier alpha value is -0.520. The van der Waals surface area contributed by atoms with Gasteiger partial charge in [-0.2, -0.15) is 0 Å². The molecule has 1 rings (SSSR count). The highest BCUT2D eigenvalue weighted by Gasteiger charge is 2.16. The second kappa shape index (κ2) is 3.69. The first-order valence-electron chi connectivity index (χ1n) is 3.09. The Morgan fingerprint density at radius 3 is 2.54 bits per heavy atom. The molecule has 0 aliphatic heterocycles. The zero-order valence-electron chi connectivity index (χ0n) is 6.49. The molecule has 0 fully saturated rings. The lowest BCUT2D eigenvalue weighted by molar-refractivity contribution is 0.412. The van der Waals surface area contributed by atoms with E-state index in [0.717, 1.165) is 0 Å². The second-order valence-corrected chi connectivity index (χ2v) is 4.99. The van der Waals surface area contributed by atoms with E-state index < -0.39 is 9.05 Å². The van der Waals surface area contributed by atoms with Crippen LogP contribution in [-0.4, -0.2) is 20.5 Å². The third-order valence-electron chi connectivity index (χ3n) is 1.25. The van der Waals surface area contributed by atoms with Crippen LogP contribution in [0.15, 0.2) is 17.3 Å². The minimum absolute atomic E-state index is 0.0608. The molecule has 1 heterocycles. The van der Waals surface area contributed by atoms with Crippen LogP contribution in [0.3, 0.4) is 0 Å². The number of hydrogen-bond acceptors (Lipinski definition) is 4. The number of methoxy groups -OCH3 is 1. The van der Waals surface area contributed by atoms with Gasteiger partial charge in [-0.25, -0.2) is 13.4 Å². The van der Waals surface area contributed by atoms with Crippen molar-refractivity contribution in [3.8, 4) is 5.75 Å². The summed E-state index contributed by atoms with van der Waals surface area (Å²) >= 11 is 5.59. The predicted octanol–water partition coefficient (Wildman–Crippen LogP) is 1.67. The molecule has 7 heteroatoms. The van der Waals surface area contributed by atoms with Crippen molar-refractivity contribution in [1.29, 1.82) is 0 Å². The summed E-state index contributed by atoms with van der Waals surface area (Å²) in [5, 5.41) is -0.425. The fourth-order valence-electron chi connectivity index (χ4n) is 0.699.